The van der Waals surface area contributed by atoms with E-state index in [9.17, 15) is 9.70 Å². The lowest BCUT2D eigenvalue weighted by Gasteiger charge is -2.19. The van der Waals surface area contributed by atoms with Gasteiger partial charge < -0.3 is 10.1 Å². The molecule has 7 nitrogen and oxygen atoms in total. The van der Waals surface area contributed by atoms with Crippen molar-refractivity contribution in [3.05, 3.63) is 4.91 Å². The van der Waals surface area contributed by atoms with Crippen molar-refractivity contribution in [2.75, 3.05) is 20.2 Å². The summed E-state index contributed by atoms with van der Waals surface area (Å²) in [4.78, 5) is 25.7. The largest absolute Gasteiger partial charge is 0.444 e. The van der Waals surface area contributed by atoms with Crippen LogP contribution in [0.5, 0.6) is 0 Å². The molecule has 0 saturated heterocycles. The molecule has 0 aromatic rings. The Balaban J connectivity index is 3.52. The van der Waals surface area contributed by atoms with E-state index in [0.717, 1.165) is 5.17 Å². The smallest absolute Gasteiger partial charge is 0.407 e. The Kier molecular flexibility index (Phi) is 5.61. The molecule has 0 atom stereocenters. The molecule has 0 radical (unpaired) electrons. The molecule has 15 heavy (non-hydrogen) atoms. The van der Waals surface area contributed by atoms with E-state index in [2.05, 4.69) is 10.6 Å². The van der Waals surface area contributed by atoms with Crippen LogP contribution in [-0.2, 0) is 9.57 Å². The average molecular weight is 219 g/mol. The standard InChI is InChI=1S/C8H17N3O4/c1-8(2,3)15-7(12)9-5-6-14-11(4)10-13/h5-6H2,1-4H3,(H,9,12). The summed E-state index contributed by atoms with van der Waals surface area (Å²) < 4.78 is 4.97. The summed E-state index contributed by atoms with van der Waals surface area (Å²) in [6.45, 7) is 5.71. The third-order valence-electron chi connectivity index (χ3n) is 1.16. The summed E-state index contributed by atoms with van der Waals surface area (Å²) in [6, 6.07) is 0. The molecule has 0 rings (SSSR count). The second kappa shape index (κ2) is 6.18. The molecular weight excluding hydrogens is 202 g/mol. The van der Waals surface area contributed by atoms with Crippen molar-refractivity contribution in [1.29, 1.82) is 0 Å². The maximum atomic E-state index is 11.1. The van der Waals surface area contributed by atoms with Gasteiger partial charge >= 0.3 is 6.09 Å². The van der Waals surface area contributed by atoms with Gasteiger partial charge in [0.1, 0.15) is 5.60 Å². The van der Waals surface area contributed by atoms with Crippen molar-refractivity contribution >= 4 is 6.09 Å². The van der Waals surface area contributed by atoms with Crippen molar-refractivity contribution in [1.82, 2.24) is 10.5 Å². The Bertz CT molecular complexity index is 214. The van der Waals surface area contributed by atoms with Crippen molar-refractivity contribution in [2.45, 2.75) is 26.4 Å². The Morgan fingerprint density at radius 1 is 1.47 bits per heavy atom. The zero-order valence-electron chi connectivity index (χ0n) is 9.44. The number of carbonyl (C=O) groups excluding carboxylic acids is 1. The fraction of sp³-hybridized carbons (Fsp3) is 0.875. The molecule has 1 amide bonds. The van der Waals surface area contributed by atoms with Gasteiger partial charge in [-0.15, -0.1) is 10.1 Å². The zero-order chi connectivity index (χ0) is 11.9. The number of alkyl carbamates (subject to hydrolysis) is 1. The highest BCUT2D eigenvalue weighted by Crippen LogP contribution is 2.05. The van der Waals surface area contributed by atoms with E-state index < -0.39 is 11.7 Å². The molecule has 0 aliphatic rings. The van der Waals surface area contributed by atoms with Crippen LogP contribution in [0.1, 0.15) is 20.8 Å². The Labute approximate surface area is 88.6 Å². The predicted octanol–water partition coefficient (Wildman–Crippen LogP) is 1.06. The average Bonchev–Trinajstić information content (AvgIpc) is 2.09. The van der Waals surface area contributed by atoms with Gasteiger partial charge in [0, 0.05) is 6.54 Å². The molecule has 0 saturated carbocycles. The second-order valence-corrected chi connectivity index (χ2v) is 3.81. The summed E-state index contributed by atoms with van der Waals surface area (Å²) in [5, 5.41) is 5.72. The van der Waals surface area contributed by atoms with Crippen LogP contribution in [0.3, 0.4) is 0 Å². The van der Waals surface area contributed by atoms with Gasteiger partial charge in [0.2, 0.25) is 0 Å². The van der Waals surface area contributed by atoms with Crippen molar-refractivity contribution in [3.63, 3.8) is 0 Å². The van der Waals surface area contributed by atoms with Crippen LogP contribution >= 0.6 is 0 Å². The third kappa shape index (κ3) is 8.95. The van der Waals surface area contributed by atoms with Crippen LogP contribution in [-0.4, -0.2) is 37.1 Å². The number of carbonyl (C=O) groups is 1. The minimum Gasteiger partial charge on any atom is -0.444 e. The lowest BCUT2D eigenvalue weighted by molar-refractivity contribution is -0.138. The summed E-state index contributed by atoms with van der Waals surface area (Å²) in [6.07, 6.45) is -0.521. The molecule has 0 aromatic heterocycles. The molecule has 0 aromatic carbocycles. The predicted molar refractivity (Wildman–Crippen MR) is 53.7 cm³/mol. The maximum Gasteiger partial charge on any atom is 0.407 e. The minimum absolute atomic E-state index is 0.154. The lowest BCUT2D eigenvalue weighted by atomic mass is 10.2. The highest BCUT2D eigenvalue weighted by molar-refractivity contribution is 5.67. The number of amides is 1. The first-order valence-corrected chi connectivity index (χ1v) is 4.52. The number of hydroxylamine groups is 1. The number of hydrogen-bond donors (Lipinski definition) is 1. The van der Waals surface area contributed by atoms with Gasteiger partial charge in [-0.2, -0.15) is 0 Å². The number of nitrogens with zero attached hydrogens (tertiary/aromatic N) is 2. The second-order valence-electron chi connectivity index (χ2n) is 3.81. The SMILES string of the molecule is CN(N=O)OCCNC(=O)OC(C)(C)C. The summed E-state index contributed by atoms with van der Waals surface area (Å²) in [5.74, 6) is 0. The molecule has 0 heterocycles. The summed E-state index contributed by atoms with van der Waals surface area (Å²) in [5.41, 5.74) is -0.522. The normalized spacial score (nSPS) is 10.7. The van der Waals surface area contributed by atoms with Crippen LogP contribution in [0.4, 0.5) is 4.79 Å². The van der Waals surface area contributed by atoms with E-state index in [4.69, 9.17) is 9.57 Å². The molecule has 1 N–H and O–H groups in total. The quantitative estimate of drug-likeness (QED) is 0.424. The van der Waals surface area contributed by atoms with Crippen molar-refractivity contribution < 1.29 is 14.4 Å². The molecule has 0 bridgehead atoms. The Morgan fingerprint density at radius 3 is 2.53 bits per heavy atom. The summed E-state index contributed by atoms with van der Waals surface area (Å²) in [7, 11) is 1.36. The third-order valence-corrected chi connectivity index (χ3v) is 1.16. The first-order valence-electron chi connectivity index (χ1n) is 4.52. The molecule has 0 spiro atoms. The first-order chi connectivity index (χ1) is 6.85. The Morgan fingerprint density at radius 2 is 2.07 bits per heavy atom. The van der Waals surface area contributed by atoms with Crippen molar-refractivity contribution in [3.8, 4) is 0 Å². The molecule has 0 aliphatic carbocycles. The van der Waals surface area contributed by atoms with Crippen LogP contribution < -0.4 is 5.32 Å². The lowest BCUT2D eigenvalue weighted by Crippen LogP contribution is -2.34. The number of rotatable bonds is 5. The molecular formula is C8H17N3O4. The summed E-state index contributed by atoms with van der Waals surface area (Å²) >= 11 is 0. The Hall–Kier alpha value is -1.37. The van der Waals surface area contributed by atoms with Gasteiger partial charge in [-0.25, -0.2) is 4.79 Å². The van der Waals surface area contributed by atoms with E-state index in [-0.39, 0.29) is 13.2 Å². The number of nitroso groups, excluding NO2 is 1. The highest BCUT2D eigenvalue weighted by atomic mass is 16.7. The van der Waals surface area contributed by atoms with E-state index in [1.165, 1.54) is 7.05 Å². The first kappa shape index (κ1) is 13.6. The molecule has 0 unspecified atom stereocenters. The van der Waals surface area contributed by atoms with E-state index >= 15 is 0 Å². The molecule has 0 aliphatic heterocycles. The number of hydrogen-bond acceptors (Lipinski definition) is 5. The van der Waals surface area contributed by atoms with Gasteiger partial charge in [-0.05, 0) is 20.8 Å². The highest BCUT2D eigenvalue weighted by Gasteiger charge is 2.15. The van der Waals surface area contributed by atoms with Gasteiger partial charge in [-0.1, -0.05) is 0 Å². The van der Waals surface area contributed by atoms with Crippen LogP contribution in [0.25, 0.3) is 0 Å². The molecule has 0 fully saturated rings. The monoisotopic (exact) mass is 219 g/mol. The van der Waals surface area contributed by atoms with Crippen LogP contribution in [0, 0.1) is 4.91 Å². The maximum absolute atomic E-state index is 11.1. The minimum atomic E-state index is -0.522. The number of nitrogens with one attached hydrogen (secondary N) is 1. The molecule has 88 valence electrons. The van der Waals surface area contributed by atoms with Gasteiger partial charge in [0.05, 0.1) is 18.9 Å². The number of ether oxygens (including phenoxy) is 1. The van der Waals surface area contributed by atoms with Gasteiger partial charge in [0.25, 0.3) is 0 Å². The van der Waals surface area contributed by atoms with E-state index in [0.29, 0.717) is 0 Å². The van der Waals surface area contributed by atoms with E-state index in [1.807, 2.05) is 0 Å². The molecule has 7 heteroatoms. The van der Waals surface area contributed by atoms with Crippen molar-refractivity contribution in [2.24, 2.45) is 5.29 Å². The van der Waals surface area contributed by atoms with Gasteiger partial charge in [-0.3, -0.25) is 4.84 Å². The van der Waals surface area contributed by atoms with Crippen LogP contribution in [0.15, 0.2) is 5.29 Å². The van der Waals surface area contributed by atoms with Crippen LogP contribution in [0.2, 0.25) is 0 Å². The zero-order valence-corrected chi connectivity index (χ0v) is 9.44. The fourth-order valence-corrected chi connectivity index (χ4v) is 0.669. The van der Waals surface area contributed by atoms with E-state index in [1.54, 1.807) is 20.8 Å². The topological polar surface area (TPSA) is 80.2 Å². The fourth-order valence-electron chi connectivity index (χ4n) is 0.669. The van der Waals surface area contributed by atoms with Gasteiger partial charge in [0.15, 0.2) is 0 Å².